The van der Waals surface area contributed by atoms with Crippen molar-refractivity contribution in [3.8, 4) is 11.1 Å². The number of sulfonamides is 1. The number of anilines is 1. The molecule has 3 rings (SSSR count). The minimum Gasteiger partial charge on any atom is -0.337 e. The molecule has 0 aliphatic rings. The Labute approximate surface area is 142 Å². The number of benzene rings is 2. The highest BCUT2D eigenvalue weighted by Gasteiger charge is 2.22. The monoisotopic (exact) mass is 368 g/mol. The van der Waals surface area contributed by atoms with Gasteiger partial charge in [-0.05, 0) is 29.8 Å². The van der Waals surface area contributed by atoms with E-state index in [4.69, 9.17) is 27.7 Å². The summed E-state index contributed by atoms with van der Waals surface area (Å²) in [5, 5.41) is 4.34. The van der Waals surface area contributed by atoms with E-state index in [1.807, 2.05) is 0 Å². The number of aromatic nitrogens is 1. The second kappa shape index (κ2) is 6.23. The largest absolute Gasteiger partial charge is 0.337 e. The zero-order chi connectivity index (χ0) is 16.4. The van der Waals surface area contributed by atoms with Crippen molar-refractivity contribution in [1.29, 1.82) is 0 Å². The van der Waals surface area contributed by atoms with E-state index in [1.165, 1.54) is 18.3 Å². The number of hydrogen-bond donors (Lipinski definition) is 1. The Morgan fingerprint density at radius 3 is 2.39 bits per heavy atom. The Hall–Kier alpha value is -2.02. The molecule has 0 spiro atoms. The quantitative estimate of drug-likeness (QED) is 0.738. The molecule has 118 valence electrons. The van der Waals surface area contributed by atoms with Gasteiger partial charge in [-0.1, -0.05) is 52.6 Å². The number of rotatable bonds is 4. The van der Waals surface area contributed by atoms with Crippen LogP contribution in [0, 0.1) is 0 Å². The van der Waals surface area contributed by atoms with Crippen LogP contribution in [0.1, 0.15) is 0 Å². The van der Waals surface area contributed by atoms with Gasteiger partial charge in [0.1, 0.15) is 4.90 Å². The zero-order valence-corrected chi connectivity index (χ0v) is 13.9. The molecular formula is C15H10Cl2N2O3S. The highest BCUT2D eigenvalue weighted by atomic mass is 35.5. The molecule has 0 radical (unpaired) electrons. The van der Waals surface area contributed by atoms with Gasteiger partial charge in [0.05, 0.1) is 16.8 Å². The second-order valence-electron chi connectivity index (χ2n) is 4.61. The number of nitrogens with zero attached hydrogens (tertiary/aromatic N) is 1. The fraction of sp³-hybridized carbons (Fsp3) is 0. The molecule has 1 N–H and O–H groups in total. The minimum atomic E-state index is -3.89. The molecule has 1 heterocycles. The van der Waals surface area contributed by atoms with E-state index < -0.39 is 10.0 Å². The molecule has 8 heteroatoms. The molecule has 0 atom stereocenters. The first-order chi connectivity index (χ1) is 11.0. The van der Waals surface area contributed by atoms with Crippen LogP contribution in [-0.4, -0.2) is 13.6 Å². The van der Waals surface area contributed by atoms with E-state index in [9.17, 15) is 8.42 Å². The van der Waals surface area contributed by atoms with Crippen molar-refractivity contribution in [2.24, 2.45) is 0 Å². The Balaban J connectivity index is 1.97. The van der Waals surface area contributed by atoms with E-state index >= 15 is 0 Å². The molecule has 2 aromatic carbocycles. The summed E-state index contributed by atoms with van der Waals surface area (Å²) in [6.45, 7) is 0. The number of hydrogen-bond acceptors (Lipinski definition) is 4. The van der Waals surface area contributed by atoms with Crippen molar-refractivity contribution in [2.45, 2.75) is 4.90 Å². The topological polar surface area (TPSA) is 72.2 Å². The van der Waals surface area contributed by atoms with Crippen LogP contribution in [0.4, 0.5) is 5.88 Å². The third kappa shape index (κ3) is 3.34. The number of halogens is 2. The standard InChI is InChI=1S/C15H10Cl2N2O3S/c16-11-7-5-10(6-8-11)12-9-18-22-15(12)19-23(20,21)14-4-2-1-3-13(14)17/h1-9,19H. The summed E-state index contributed by atoms with van der Waals surface area (Å²) in [6, 6.07) is 13.0. The van der Waals surface area contributed by atoms with Crippen LogP contribution < -0.4 is 4.72 Å². The van der Waals surface area contributed by atoms with Crippen LogP contribution in [0.15, 0.2) is 64.1 Å². The van der Waals surface area contributed by atoms with E-state index in [0.29, 0.717) is 16.1 Å². The van der Waals surface area contributed by atoms with Crippen LogP contribution in [0.25, 0.3) is 11.1 Å². The van der Waals surface area contributed by atoms with Crippen molar-refractivity contribution >= 4 is 39.1 Å². The molecule has 0 aliphatic heterocycles. The lowest BCUT2D eigenvalue weighted by atomic mass is 10.1. The van der Waals surface area contributed by atoms with Crippen molar-refractivity contribution in [3.05, 3.63) is 64.8 Å². The molecule has 0 unspecified atom stereocenters. The highest BCUT2D eigenvalue weighted by Crippen LogP contribution is 2.31. The summed E-state index contributed by atoms with van der Waals surface area (Å²) in [4.78, 5) is -0.0416. The van der Waals surface area contributed by atoms with E-state index in [0.717, 1.165) is 0 Å². The molecule has 0 saturated heterocycles. The maximum atomic E-state index is 12.5. The molecule has 0 fully saturated rings. The molecule has 0 aliphatic carbocycles. The lowest BCUT2D eigenvalue weighted by Gasteiger charge is -2.08. The van der Waals surface area contributed by atoms with Gasteiger partial charge >= 0.3 is 0 Å². The van der Waals surface area contributed by atoms with Crippen molar-refractivity contribution in [2.75, 3.05) is 4.72 Å². The highest BCUT2D eigenvalue weighted by molar-refractivity contribution is 7.92. The lowest BCUT2D eigenvalue weighted by Crippen LogP contribution is -2.13. The summed E-state index contributed by atoms with van der Waals surface area (Å²) in [5.74, 6) is 0.00671. The average Bonchev–Trinajstić information content (AvgIpc) is 2.95. The van der Waals surface area contributed by atoms with Gasteiger partial charge in [0.15, 0.2) is 0 Å². The second-order valence-corrected chi connectivity index (χ2v) is 7.11. The van der Waals surface area contributed by atoms with Crippen LogP contribution in [0.5, 0.6) is 0 Å². The molecule has 1 aromatic heterocycles. The van der Waals surface area contributed by atoms with Gasteiger partial charge < -0.3 is 4.52 Å². The van der Waals surface area contributed by atoms with Gasteiger partial charge in [0.2, 0.25) is 5.88 Å². The molecule has 0 bridgehead atoms. The van der Waals surface area contributed by atoms with Crippen LogP contribution in [0.2, 0.25) is 10.0 Å². The lowest BCUT2D eigenvalue weighted by molar-refractivity contribution is 0.435. The number of nitrogens with one attached hydrogen (secondary N) is 1. The molecule has 0 saturated carbocycles. The summed E-state index contributed by atoms with van der Waals surface area (Å²) in [6.07, 6.45) is 1.42. The molecular weight excluding hydrogens is 359 g/mol. The van der Waals surface area contributed by atoms with Crippen LogP contribution >= 0.6 is 23.2 Å². The fourth-order valence-corrected chi connectivity index (χ4v) is 3.64. The first-order valence-electron chi connectivity index (χ1n) is 6.45. The maximum Gasteiger partial charge on any atom is 0.265 e. The third-order valence-electron chi connectivity index (χ3n) is 3.08. The van der Waals surface area contributed by atoms with E-state index in [1.54, 1.807) is 36.4 Å². The van der Waals surface area contributed by atoms with Crippen molar-refractivity contribution in [3.63, 3.8) is 0 Å². The average molecular weight is 369 g/mol. The Kier molecular flexibility index (Phi) is 4.30. The van der Waals surface area contributed by atoms with Gasteiger partial charge in [-0.2, -0.15) is 0 Å². The molecule has 0 amide bonds. The summed E-state index contributed by atoms with van der Waals surface area (Å²) in [5.41, 5.74) is 1.21. The van der Waals surface area contributed by atoms with Gasteiger partial charge in [0.25, 0.3) is 10.0 Å². The SMILES string of the molecule is O=S(=O)(Nc1oncc1-c1ccc(Cl)cc1)c1ccccc1Cl. The summed E-state index contributed by atoms with van der Waals surface area (Å²) < 4.78 is 32.3. The normalized spacial score (nSPS) is 11.4. The summed E-state index contributed by atoms with van der Waals surface area (Å²) >= 11 is 11.8. The maximum absolute atomic E-state index is 12.5. The van der Waals surface area contributed by atoms with Gasteiger partial charge in [-0.3, -0.25) is 0 Å². The Morgan fingerprint density at radius 1 is 1.00 bits per heavy atom. The predicted molar refractivity (Wildman–Crippen MR) is 89.2 cm³/mol. The van der Waals surface area contributed by atoms with E-state index in [-0.39, 0.29) is 15.8 Å². The first-order valence-corrected chi connectivity index (χ1v) is 8.69. The minimum absolute atomic E-state index is 0.00671. The Bertz CT molecular complexity index is 937. The van der Waals surface area contributed by atoms with Gasteiger partial charge in [-0.15, -0.1) is 0 Å². The van der Waals surface area contributed by atoms with Gasteiger partial charge in [0, 0.05) is 5.02 Å². The predicted octanol–water partition coefficient (Wildman–Crippen LogP) is 4.45. The smallest absolute Gasteiger partial charge is 0.265 e. The van der Waals surface area contributed by atoms with E-state index in [2.05, 4.69) is 9.88 Å². The molecule has 5 nitrogen and oxygen atoms in total. The first kappa shape index (κ1) is 15.9. The fourth-order valence-electron chi connectivity index (χ4n) is 1.99. The third-order valence-corrected chi connectivity index (χ3v) is 5.16. The Morgan fingerprint density at radius 2 is 1.70 bits per heavy atom. The van der Waals surface area contributed by atoms with Gasteiger partial charge in [-0.25, -0.2) is 13.1 Å². The molecule has 3 aromatic rings. The zero-order valence-electron chi connectivity index (χ0n) is 11.5. The van der Waals surface area contributed by atoms with Crippen LogP contribution in [0.3, 0.4) is 0 Å². The van der Waals surface area contributed by atoms with Crippen LogP contribution in [-0.2, 0) is 10.0 Å². The van der Waals surface area contributed by atoms with Crippen molar-refractivity contribution in [1.82, 2.24) is 5.16 Å². The van der Waals surface area contributed by atoms with Crippen molar-refractivity contribution < 1.29 is 12.9 Å². The molecule has 23 heavy (non-hydrogen) atoms. The summed E-state index contributed by atoms with van der Waals surface area (Å²) in [7, 11) is -3.89.